The molecule has 4 heteroatoms. The normalized spacial score (nSPS) is 12.6. The monoisotopic (exact) mass is 176 g/mol. The second-order valence-electron chi connectivity index (χ2n) is 2.49. The molecule has 0 heterocycles. The third-order valence-electron chi connectivity index (χ3n) is 1.32. The molecule has 0 aromatic rings. The highest BCUT2D eigenvalue weighted by molar-refractivity contribution is 5.65. The van der Waals surface area contributed by atoms with E-state index < -0.39 is 5.97 Å². The van der Waals surface area contributed by atoms with Gasteiger partial charge in [0.15, 0.2) is 0 Å². The number of carbonyl (C=O) groups excluding carboxylic acids is 1. The van der Waals surface area contributed by atoms with Crippen LogP contribution >= 0.6 is 0 Å². The van der Waals surface area contributed by atoms with Crippen molar-refractivity contribution in [2.24, 2.45) is 0 Å². The first kappa shape index (κ1) is 11.4. The molecule has 0 amide bonds. The minimum atomic E-state index is -0.446. The van der Waals surface area contributed by atoms with E-state index in [4.69, 9.17) is 4.74 Å². The topological polar surface area (TPSA) is 44.8 Å². The van der Waals surface area contributed by atoms with Crippen LogP contribution in [0.4, 0.5) is 0 Å². The van der Waals surface area contributed by atoms with Gasteiger partial charge in [0.25, 0.3) is 0 Å². The molecule has 0 N–H and O–H groups in total. The zero-order chi connectivity index (χ0) is 9.40. The van der Waals surface area contributed by atoms with Gasteiger partial charge < -0.3 is 4.74 Å². The molecule has 0 aromatic carbocycles. The van der Waals surface area contributed by atoms with Gasteiger partial charge >= 0.3 is 5.97 Å². The summed E-state index contributed by atoms with van der Waals surface area (Å²) in [5, 5.41) is 0. The maximum Gasteiger partial charge on any atom is 0.339 e. The third-order valence-corrected chi connectivity index (χ3v) is 1.32. The first-order valence-corrected chi connectivity index (χ1v) is 4.08. The van der Waals surface area contributed by atoms with Gasteiger partial charge in [0.2, 0.25) is 0 Å². The summed E-state index contributed by atoms with van der Waals surface area (Å²) in [4.78, 5) is 19.0. The summed E-state index contributed by atoms with van der Waals surface area (Å²) >= 11 is 0. The Morgan fingerprint density at radius 3 is 2.58 bits per heavy atom. The van der Waals surface area contributed by atoms with E-state index in [9.17, 15) is 4.79 Å². The van der Waals surface area contributed by atoms with Crippen LogP contribution in [-0.4, -0.2) is 25.3 Å². The van der Waals surface area contributed by atoms with Crippen molar-refractivity contribution in [3.8, 4) is 0 Å². The number of hydrogen-bond donors (Lipinski definition) is 0. The Hall–Kier alpha value is -0.610. The van der Waals surface area contributed by atoms with E-state index >= 15 is 0 Å². The molecule has 0 spiro atoms. The molecule has 72 valence electrons. The molecule has 0 saturated heterocycles. The van der Waals surface area contributed by atoms with Crippen LogP contribution in [0.1, 0.15) is 27.2 Å². The van der Waals surface area contributed by atoms with Gasteiger partial charge in [-0.3, -0.25) is 4.89 Å². The minimum Gasteiger partial charge on any atom is -0.376 e. The summed E-state index contributed by atoms with van der Waals surface area (Å²) < 4.78 is 5.26. The Balaban J connectivity index is 3.05. The molecular weight excluding hydrogens is 160 g/mol. The van der Waals surface area contributed by atoms with Gasteiger partial charge in [-0.25, -0.2) is 4.79 Å². The Morgan fingerprint density at radius 1 is 1.42 bits per heavy atom. The van der Waals surface area contributed by atoms with Crippen molar-refractivity contribution in [3.63, 3.8) is 0 Å². The van der Waals surface area contributed by atoms with Crippen LogP contribution in [0, 0.1) is 0 Å². The molecule has 0 radical (unpaired) electrons. The van der Waals surface area contributed by atoms with E-state index in [0.29, 0.717) is 6.61 Å². The van der Waals surface area contributed by atoms with Crippen molar-refractivity contribution in [2.45, 2.75) is 33.3 Å². The predicted molar refractivity (Wildman–Crippen MR) is 43.4 cm³/mol. The van der Waals surface area contributed by atoms with E-state index in [1.165, 1.54) is 6.92 Å². The highest BCUT2D eigenvalue weighted by Gasteiger charge is 1.98. The Labute approximate surface area is 72.7 Å². The van der Waals surface area contributed by atoms with Crippen LogP contribution in [0.3, 0.4) is 0 Å². The first-order valence-electron chi connectivity index (χ1n) is 4.08. The minimum absolute atomic E-state index is 0.228. The Bertz CT molecular complexity index is 124. The lowest BCUT2D eigenvalue weighted by Crippen LogP contribution is -2.12. The fourth-order valence-corrected chi connectivity index (χ4v) is 0.526. The number of hydrogen-bond acceptors (Lipinski definition) is 4. The molecule has 0 fully saturated rings. The maximum absolute atomic E-state index is 10.2. The molecule has 4 nitrogen and oxygen atoms in total. The van der Waals surface area contributed by atoms with Crippen molar-refractivity contribution in [1.29, 1.82) is 0 Å². The lowest BCUT2D eigenvalue weighted by molar-refractivity contribution is -0.275. The zero-order valence-corrected chi connectivity index (χ0v) is 7.83. The van der Waals surface area contributed by atoms with Crippen LogP contribution in [0.25, 0.3) is 0 Å². The molecule has 0 saturated carbocycles. The van der Waals surface area contributed by atoms with Crippen LogP contribution in [0.5, 0.6) is 0 Å². The van der Waals surface area contributed by atoms with Gasteiger partial charge in [0, 0.05) is 6.92 Å². The summed E-state index contributed by atoms with van der Waals surface area (Å²) in [6.45, 7) is 6.03. The first-order chi connectivity index (χ1) is 5.66. The molecule has 0 aliphatic rings. The fourth-order valence-electron chi connectivity index (χ4n) is 0.526. The zero-order valence-electron chi connectivity index (χ0n) is 7.83. The van der Waals surface area contributed by atoms with E-state index in [1.54, 1.807) is 0 Å². The van der Waals surface area contributed by atoms with E-state index in [0.717, 1.165) is 6.42 Å². The highest BCUT2D eigenvalue weighted by Crippen LogP contribution is 1.94. The smallest absolute Gasteiger partial charge is 0.339 e. The molecule has 0 aliphatic carbocycles. The van der Waals surface area contributed by atoms with Crippen molar-refractivity contribution in [3.05, 3.63) is 0 Å². The lowest BCUT2D eigenvalue weighted by atomic mass is 10.3. The standard InChI is InChI=1S/C8H16O4/c1-4-7(2)10-5-6-11-12-8(3)9/h7H,4-6H2,1-3H3. The van der Waals surface area contributed by atoms with Gasteiger partial charge in [-0.15, -0.1) is 0 Å². The van der Waals surface area contributed by atoms with Crippen molar-refractivity contribution >= 4 is 5.97 Å². The van der Waals surface area contributed by atoms with Crippen LogP contribution in [0.2, 0.25) is 0 Å². The summed E-state index contributed by atoms with van der Waals surface area (Å²) in [5.74, 6) is -0.446. The van der Waals surface area contributed by atoms with Crippen LogP contribution in [-0.2, 0) is 19.3 Å². The van der Waals surface area contributed by atoms with Gasteiger partial charge in [0.05, 0.1) is 12.7 Å². The molecule has 12 heavy (non-hydrogen) atoms. The molecule has 0 aliphatic heterocycles. The summed E-state index contributed by atoms with van der Waals surface area (Å²) in [7, 11) is 0. The summed E-state index contributed by atoms with van der Waals surface area (Å²) in [6.07, 6.45) is 1.19. The van der Waals surface area contributed by atoms with E-state index in [-0.39, 0.29) is 12.7 Å². The largest absolute Gasteiger partial charge is 0.376 e. The molecule has 1 unspecified atom stereocenters. The van der Waals surface area contributed by atoms with E-state index in [1.807, 2.05) is 13.8 Å². The fraction of sp³-hybridized carbons (Fsp3) is 0.875. The maximum atomic E-state index is 10.2. The van der Waals surface area contributed by atoms with Crippen LogP contribution < -0.4 is 0 Å². The van der Waals surface area contributed by atoms with Gasteiger partial charge in [0.1, 0.15) is 6.61 Å². The summed E-state index contributed by atoms with van der Waals surface area (Å²) in [5.41, 5.74) is 0. The lowest BCUT2D eigenvalue weighted by Gasteiger charge is -2.09. The van der Waals surface area contributed by atoms with Gasteiger partial charge in [-0.2, -0.15) is 4.89 Å². The van der Waals surface area contributed by atoms with Crippen molar-refractivity contribution < 1.29 is 19.3 Å². The molecular formula is C8H16O4. The average molecular weight is 176 g/mol. The second-order valence-corrected chi connectivity index (χ2v) is 2.49. The molecule has 1 atom stereocenters. The highest BCUT2D eigenvalue weighted by atomic mass is 17.2. The molecule has 0 aromatic heterocycles. The van der Waals surface area contributed by atoms with Crippen molar-refractivity contribution in [2.75, 3.05) is 13.2 Å². The second kappa shape index (κ2) is 7.06. The van der Waals surface area contributed by atoms with Gasteiger partial charge in [-0.1, -0.05) is 6.92 Å². The predicted octanol–water partition coefficient (Wildman–Crippen LogP) is 1.30. The van der Waals surface area contributed by atoms with E-state index in [2.05, 4.69) is 9.78 Å². The number of rotatable bonds is 6. The van der Waals surface area contributed by atoms with Crippen LogP contribution in [0.15, 0.2) is 0 Å². The average Bonchev–Trinajstić information content (AvgIpc) is 2.03. The molecule has 0 bridgehead atoms. The molecule has 0 rings (SSSR count). The summed E-state index contributed by atoms with van der Waals surface area (Å²) in [6, 6.07) is 0. The Kier molecular flexibility index (Phi) is 6.70. The SMILES string of the molecule is CCC(C)OCCOOC(C)=O. The number of carbonyl (C=O) groups is 1. The van der Waals surface area contributed by atoms with Crippen molar-refractivity contribution in [1.82, 2.24) is 0 Å². The third kappa shape index (κ3) is 7.50. The quantitative estimate of drug-likeness (QED) is 0.347. The van der Waals surface area contributed by atoms with Gasteiger partial charge in [-0.05, 0) is 13.3 Å². The Morgan fingerprint density at radius 2 is 2.08 bits per heavy atom. The number of ether oxygens (including phenoxy) is 1.